The number of benzene rings is 3. The normalized spacial score (nSPS) is 11.1. The van der Waals surface area contributed by atoms with E-state index >= 15 is 0 Å². The summed E-state index contributed by atoms with van der Waals surface area (Å²) in [6.45, 7) is 1.93. The number of rotatable bonds is 7. The van der Waals surface area contributed by atoms with Crippen molar-refractivity contribution in [3.63, 3.8) is 0 Å². The molecule has 2 aromatic heterocycles. The molecule has 0 bridgehead atoms. The monoisotopic (exact) mass is 569 g/mol. The van der Waals surface area contributed by atoms with Gasteiger partial charge in [-0.25, -0.2) is 13.9 Å². The molecule has 0 saturated carbocycles. The van der Waals surface area contributed by atoms with E-state index in [0.29, 0.717) is 43.0 Å². The SMILES string of the molecule is CCOC(=O)c1cc2c(-c3ccc(Cl)cc3)n(-c3ccc(Cl)cc3Cl)nc2nc1OCc1ccc(F)cc1. The van der Waals surface area contributed by atoms with Crippen LogP contribution in [0.5, 0.6) is 5.88 Å². The van der Waals surface area contributed by atoms with Crippen LogP contribution in [0.3, 0.4) is 0 Å². The Balaban J connectivity index is 1.71. The zero-order valence-electron chi connectivity index (χ0n) is 19.9. The van der Waals surface area contributed by atoms with Crippen molar-refractivity contribution in [2.75, 3.05) is 6.61 Å². The number of aromatic nitrogens is 3. The Morgan fingerprint density at radius 1 is 0.947 bits per heavy atom. The molecule has 10 heteroatoms. The lowest BCUT2D eigenvalue weighted by Crippen LogP contribution is -2.09. The number of carbonyl (C=O) groups excluding carboxylic acids is 1. The average molecular weight is 571 g/mol. The first-order valence-corrected chi connectivity index (χ1v) is 12.7. The van der Waals surface area contributed by atoms with Crippen LogP contribution in [0.25, 0.3) is 28.0 Å². The molecule has 0 aliphatic carbocycles. The van der Waals surface area contributed by atoms with E-state index in [4.69, 9.17) is 49.4 Å². The second kappa shape index (κ2) is 11.0. The summed E-state index contributed by atoms with van der Waals surface area (Å²) in [6, 6.07) is 19.7. The highest BCUT2D eigenvalue weighted by Crippen LogP contribution is 2.36. The Bertz CT molecular complexity index is 1640. The summed E-state index contributed by atoms with van der Waals surface area (Å²) in [5.41, 5.74) is 3.08. The largest absolute Gasteiger partial charge is 0.472 e. The highest BCUT2D eigenvalue weighted by molar-refractivity contribution is 6.35. The van der Waals surface area contributed by atoms with Gasteiger partial charge in [0.05, 0.1) is 23.0 Å². The Morgan fingerprint density at radius 2 is 1.66 bits per heavy atom. The number of hydrogen-bond acceptors (Lipinski definition) is 5. The molecule has 0 radical (unpaired) electrons. The van der Waals surface area contributed by atoms with Gasteiger partial charge in [-0.1, -0.05) is 59.1 Å². The lowest BCUT2D eigenvalue weighted by atomic mass is 10.1. The number of pyridine rings is 1. The molecule has 6 nitrogen and oxygen atoms in total. The smallest absolute Gasteiger partial charge is 0.343 e. The highest BCUT2D eigenvalue weighted by Gasteiger charge is 2.24. The van der Waals surface area contributed by atoms with E-state index in [-0.39, 0.29) is 30.5 Å². The maximum Gasteiger partial charge on any atom is 0.343 e. The third-order valence-electron chi connectivity index (χ3n) is 5.67. The molecule has 0 aliphatic heterocycles. The molecule has 38 heavy (non-hydrogen) atoms. The van der Waals surface area contributed by atoms with Crippen molar-refractivity contribution in [3.8, 4) is 22.8 Å². The van der Waals surface area contributed by atoms with Crippen LogP contribution in [0.2, 0.25) is 15.1 Å². The second-order valence-electron chi connectivity index (χ2n) is 8.21. The maximum absolute atomic E-state index is 13.3. The molecule has 3 aromatic carbocycles. The molecule has 2 heterocycles. The lowest BCUT2D eigenvalue weighted by Gasteiger charge is -2.11. The Kier molecular flexibility index (Phi) is 7.51. The number of halogens is 4. The standard InChI is InChI=1S/C28H19Cl3FN3O3/c1-2-37-28(36)22-14-21-25(17-5-7-18(29)8-6-17)35(24-12-9-19(30)13-23(24)31)34-26(21)33-27(22)38-15-16-3-10-20(32)11-4-16/h3-14H,2,15H2,1H3. The van der Waals surface area contributed by atoms with Gasteiger partial charge >= 0.3 is 5.97 Å². The first-order chi connectivity index (χ1) is 18.3. The predicted molar refractivity (Wildman–Crippen MR) is 146 cm³/mol. The molecule has 0 amide bonds. The van der Waals surface area contributed by atoms with Crippen molar-refractivity contribution < 1.29 is 18.7 Å². The molecule has 0 unspecified atom stereocenters. The number of esters is 1. The van der Waals surface area contributed by atoms with E-state index in [1.54, 1.807) is 60.1 Å². The van der Waals surface area contributed by atoms with Crippen molar-refractivity contribution in [1.29, 1.82) is 0 Å². The molecule has 0 N–H and O–H groups in total. The van der Waals surface area contributed by atoms with Gasteiger partial charge in [0.1, 0.15) is 18.0 Å². The fourth-order valence-electron chi connectivity index (χ4n) is 3.91. The van der Waals surface area contributed by atoms with E-state index in [1.807, 2.05) is 12.1 Å². The van der Waals surface area contributed by atoms with E-state index in [0.717, 1.165) is 5.56 Å². The number of hydrogen-bond donors (Lipinski definition) is 0. The zero-order valence-corrected chi connectivity index (χ0v) is 22.2. The highest BCUT2D eigenvalue weighted by atomic mass is 35.5. The summed E-state index contributed by atoms with van der Waals surface area (Å²) >= 11 is 18.8. The van der Waals surface area contributed by atoms with Gasteiger partial charge in [-0.15, -0.1) is 5.10 Å². The fraction of sp³-hybridized carbons (Fsp3) is 0.107. The van der Waals surface area contributed by atoms with E-state index < -0.39 is 5.97 Å². The van der Waals surface area contributed by atoms with Crippen molar-refractivity contribution in [2.45, 2.75) is 13.5 Å². The van der Waals surface area contributed by atoms with Gasteiger partial charge in [-0.2, -0.15) is 4.98 Å². The van der Waals surface area contributed by atoms with Gasteiger partial charge in [-0.05, 0) is 61.0 Å². The summed E-state index contributed by atoms with van der Waals surface area (Å²) < 4.78 is 26.2. The number of carbonyl (C=O) groups is 1. The molecule has 0 aliphatic rings. The minimum Gasteiger partial charge on any atom is -0.472 e. The average Bonchev–Trinajstić information content (AvgIpc) is 3.26. The Labute approximate surface area is 232 Å². The number of ether oxygens (including phenoxy) is 2. The molecule has 0 saturated heterocycles. The molecule has 5 aromatic rings. The van der Waals surface area contributed by atoms with E-state index in [9.17, 15) is 9.18 Å². The van der Waals surface area contributed by atoms with E-state index in [1.165, 1.54) is 12.1 Å². The molecule has 0 fully saturated rings. The topological polar surface area (TPSA) is 66.2 Å². The third kappa shape index (κ3) is 5.31. The summed E-state index contributed by atoms with van der Waals surface area (Å²) in [7, 11) is 0. The second-order valence-corrected chi connectivity index (χ2v) is 9.49. The number of nitrogens with zero attached hydrogens (tertiary/aromatic N) is 3. The molecular formula is C28H19Cl3FN3O3. The zero-order chi connectivity index (χ0) is 26.8. The minimum atomic E-state index is -0.602. The summed E-state index contributed by atoms with van der Waals surface area (Å²) in [6.07, 6.45) is 0. The number of fused-ring (bicyclic) bond motifs is 1. The first kappa shape index (κ1) is 26.0. The van der Waals surface area contributed by atoms with Gasteiger partial charge < -0.3 is 9.47 Å². The van der Waals surface area contributed by atoms with Crippen molar-refractivity contribution in [3.05, 3.63) is 105 Å². The van der Waals surface area contributed by atoms with Crippen molar-refractivity contribution in [2.24, 2.45) is 0 Å². The van der Waals surface area contributed by atoms with Gasteiger partial charge in [0.2, 0.25) is 5.88 Å². The summed E-state index contributed by atoms with van der Waals surface area (Å²) in [5.74, 6) is -0.924. The quantitative estimate of drug-likeness (QED) is 0.186. The van der Waals surface area contributed by atoms with E-state index in [2.05, 4.69) is 4.98 Å². The van der Waals surface area contributed by atoms with Crippen LogP contribution in [0.1, 0.15) is 22.8 Å². The van der Waals surface area contributed by atoms with Crippen LogP contribution in [0, 0.1) is 5.82 Å². The van der Waals surface area contributed by atoms with Gasteiger partial charge in [0.15, 0.2) is 5.65 Å². The van der Waals surface area contributed by atoms with Gasteiger partial charge in [0.25, 0.3) is 0 Å². The van der Waals surface area contributed by atoms with Crippen LogP contribution in [-0.2, 0) is 11.3 Å². The summed E-state index contributed by atoms with van der Waals surface area (Å²) in [4.78, 5) is 17.5. The van der Waals surface area contributed by atoms with Crippen molar-refractivity contribution >= 4 is 51.8 Å². The Morgan fingerprint density at radius 3 is 2.34 bits per heavy atom. The van der Waals surface area contributed by atoms with Crippen LogP contribution in [0.15, 0.2) is 72.8 Å². The first-order valence-electron chi connectivity index (χ1n) is 11.5. The van der Waals surface area contributed by atoms with Crippen molar-refractivity contribution in [1.82, 2.24) is 14.8 Å². The molecular weight excluding hydrogens is 552 g/mol. The van der Waals surface area contributed by atoms with Crippen LogP contribution < -0.4 is 4.74 Å². The lowest BCUT2D eigenvalue weighted by molar-refractivity contribution is 0.0520. The molecule has 192 valence electrons. The third-order valence-corrected chi connectivity index (χ3v) is 6.46. The van der Waals surface area contributed by atoms with Crippen LogP contribution in [0.4, 0.5) is 4.39 Å². The van der Waals surface area contributed by atoms with Crippen LogP contribution in [-0.4, -0.2) is 27.3 Å². The molecule has 0 spiro atoms. The van der Waals surface area contributed by atoms with Gasteiger partial charge in [-0.3, -0.25) is 0 Å². The molecule has 0 atom stereocenters. The predicted octanol–water partition coefficient (Wildman–Crippen LogP) is 7.94. The fourth-order valence-corrected chi connectivity index (χ4v) is 4.52. The van der Waals surface area contributed by atoms with Gasteiger partial charge in [0, 0.05) is 21.0 Å². The Hall–Kier alpha value is -3.65. The summed E-state index contributed by atoms with van der Waals surface area (Å²) in [5, 5.41) is 6.69. The molecule has 5 rings (SSSR count). The minimum absolute atomic E-state index is 0.0368. The maximum atomic E-state index is 13.3. The van der Waals surface area contributed by atoms with Crippen LogP contribution >= 0.6 is 34.8 Å².